The van der Waals surface area contributed by atoms with Crippen LogP contribution in [0.2, 0.25) is 5.02 Å². The standard InChI is InChI=1S/C17H9ClN2O4S/c18-12-4-8(1-2-13(12)21)11-7-19-6-9-3-10(24-15(9)11)5-14-16(22)20-17(23)25-14/h1-7,21H,(H,20,22,23). The molecule has 6 nitrogen and oxygen atoms in total. The average Bonchev–Trinajstić information content (AvgIpc) is 3.12. The van der Waals surface area contributed by atoms with Gasteiger partial charge in [0.25, 0.3) is 11.1 Å². The van der Waals surface area contributed by atoms with Crippen LogP contribution >= 0.6 is 23.4 Å². The maximum Gasteiger partial charge on any atom is 0.290 e. The molecule has 1 aromatic carbocycles. The molecule has 0 bridgehead atoms. The van der Waals surface area contributed by atoms with Gasteiger partial charge in [-0.1, -0.05) is 17.7 Å². The lowest BCUT2D eigenvalue weighted by atomic mass is 10.1. The van der Waals surface area contributed by atoms with E-state index in [-0.39, 0.29) is 15.7 Å². The Kier molecular flexibility index (Phi) is 3.74. The summed E-state index contributed by atoms with van der Waals surface area (Å²) >= 11 is 6.80. The molecule has 0 aliphatic carbocycles. The van der Waals surface area contributed by atoms with Crippen LogP contribution in [-0.4, -0.2) is 21.2 Å². The Balaban J connectivity index is 1.81. The Bertz CT molecular complexity index is 1070. The van der Waals surface area contributed by atoms with E-state index in [9.17, 15) is 14.7 Å². The monoisotopic (exact) mass is 372 g/mol. The summed E-state index contributed by atoms with van der Waals surface area (Å²) in [7, 11) is 0. The highest BCUT2D eigenvalue weighted by molar-refractivity contribution is 8.18. The van der Waals surface area contributed by atoms with Crippen molar-refractivity contribution < 1.29 is 19.1 Å². The molecule has 0 saturated carbocycles. The number of hydrogen-bond donors (Lipinski definition) is 2. The van der Waals surface area contributed by atoms with Crippen molar-refractivity contribution in [3.63, 3.8) is 0 Å². The second kappa shape index (κ2) is 5.94. The van der Waals surface area contributed by atoms with Crippen LogP contribution in [0.4, 0.5) is 4.79 Å². The van der Waals surface area contributed by atoms with Crippen molar-refractivity contribution >= 4 is 51.6 Å². The number of carbonyl (C=O) groups excluding carboxylic acids is 2. The van der Waals surface area contributed by atoms with Crippen LogP contribution in [0.1, 0.15) is 5.76 Å². The van der Waals surface area contributed by atoms with Crippen LogP contribution in [0.5, 0.6) is 5.75 Å². The van der Waals surface area contributed by atoms with Gasteiger partial charge in [-0.25, -0.2) is 0 Å². The van der Waals surface area contributed by atoms with Gasteiger partial charge in [-0.15, -0.1) is 0 Å². The lowest BCUT2D eigenvalue weighted by Gasteiger charge is -2.04. The minimum atomic E-state index is -0.445. The topological polar surface area (TPSA) is 92.4 Å². The summed E-state index contributed by atoms with van der Waals surface area (Å²) in [5.41, 5.74) is 2.00. The smallest absolute Gasteiger partial charge is 0.290 e. The Hall–Kier alpha value is -2.77. The molecule has 2 aromatic heterocycles. The van der Waals surface area contributed by atoms with E-state index >= 15 is 0 Å². The van der Waals surface area contributed by atoms with Gasteiger partial charge in [0.2, 0.25) is 0 Å². The van der Waals surface area contributed by atoms with Crippen LogP contribution in [0.25, 0.3) is 28.2 Å². The summed E-state index contributed by atoms with van der Waals surface area (Å²) in [5.74, 6) is -0.0232. The molecule has 25 heavy (non-hydrogen) atoms. The number of phenolic OH excluding ortho intramolecular Hbond substituents is 1. The fraction of sp³-hybridized carbons (Fsp3) is 0. The van der Waals surface area contributed by atoms with Crippen LogP contribution in [0.15, 0.2) is 46.0 Å². The fourth-order valence-electron chi connectivity index (χ4n) is 2.48. The molecule has 1 fully saturated rings. The van der Waals surface area contributed by atoms with E-state index in [4.69, 9.17) is 16.0 Å². The first-order chi connectivity index (χ1) is 12.0. The number of aromatic nitrogens is 1. The maximum atomic E-state index is 11.6. The van der Waals surface area contributed by atoms with Crippen LogP contribution in [0, 0.1) is 0 Å². The van der Waals surface area contributed by atoms with E-state index in [1.807, 2.05) is 0 Å². The molecule has 2 amide bonds. The fourth-order valence-corrected chi connectivity index (χ4v) is 3.33. The van der Waals surface area contributed by atoms with Gasteiger partial charge in [-0.3, -0.25) is 19.9 Å². The van der Waals surface area contributed by atoms with Gasteiger partial charge in [0, 0.05) is 29.4 Å². The van der Waals surface area contributed by atoms with E-state index in [0.717, 1.165) is 22.7 Å². The Morgan fingerprint density at radius 3 is 2.80 bits per heavy atom. The van der Waals surface area contributed by atoms with Crippen LogP contribution < -0.4 is 5.32 Å². The number of fused-ring (bicyclic) bond motifs is 1. The first kappa shape index (κ1) is 15.7. The zero-order valence-electron chi connectivity index (χ0n) is 12.4. The van der Waals surface area contributed by atoms with E-state index in [2.05, 4.69) is 10.3 Å². The van der Waals surface area contributed by atoms with Crippen LogP contribution in [-0.2, 0) is 4.79 Å². The number of aromatic hydroxyl groups is 1. The highest BCUT2D eigenvalue weighted by Gasteiger charge is 2.25. The number of rotatable bonds is 2. The molecule has 3 aromatic rings. The molecule has 1 aliphatic heterocycles. The summed E-state index contributed by atoms with van der Waals surface area (Å²) < 4.78 is 5.84. The minimum Gasteiger partial charge on any atom is -0.506 e. The van der Waals surface area contributed by atoms with Gasteiger partial charge < -0.3 is 9.52 Å². The average molecular weight is 373 g/mol. The highest BCUT2D eigenvalue weighted by atomic mass is 35.5. The second-order valence-electron chi connectivity index (χ2n) is 5.27. The van der Waals surface area contributed by atoms with Gasteiger partial charge in [0.1, 0.15) is 17.1 Å². The summed E-state index contributed by atoms with van der Waals surface area (Å²) in [4.78, 5) is 27.3. The normalized spacial score (nSPS) is 16.0. The Morgan fingerprint density at radius 1 is 1.24 bits per heavy atom. The molecule has 8 heteroatoms. The van der Waals surface area contributed by atoms with E-state index in [1.54, 1.807) is 30.6 Å². The van der Waals surface area contributed by atoms with Crippen LogP contribution in [0.3, 0.4) is 0 Å². The third-order valence-electron chi connectivity index (χ3n) is 3.62. The summed E-state index contributed by atoms with van der Waals surface area (Å²) in [6.07, 6.45) is 4.78. The first-order valence-electron chi connectivity index (χ1n) is 7.12. The number of amides is 2. The molecule has 0 atom stereocenters. The van der Waals surface area contributed by atoms with Crippen molar-refractivity contribution in [1.29, 1.82) is 0 Å². The zero-order valence-corrected chi connectivity index (χ0v) is 14.0. The number of nitrogens with zero attached hydrogens (tertiary/aromatic N) is 1. The second-order valence-corrected chi connectivity index (χ2v) is 6.69. The van der Waals surface area contributed by atoms with Crippen molar-refractivity contribution in [3.05, 3.63) is 52.3 Å². The predicted molar refractivity (Wildman–Crippen MR) is 95.2 cm³/mol. The number of phenols is 1. The molecule has 4 rings (SSSR count). The number of hydrogen-bond acceptors (Lipinski definition) is 6. The summed E-state index contributed by atoms with van der Waals surface area (Å²) in [5, 5.41) is 12.3. The lowest BCUT2D eigenvalue weighted by molar-refractivity contribution is -0.115. The molecule has 1 aliphatic rings. The van der Waals surface area contributed by atoms with Crippen molar-refractivity contribution in [1.82, 2.24) is 10.3 Å². The molecule has 0 unspecified atom stereocenters. The first-order valence-corrected chi connectivity index (χ1v) is 8.32. The number of carbonyl (C=O) groups is 2. The maximum absolute atomic E-state index is 11.6. The molecule has 0 spiro atoms. The van der Waals surface area contributed by atoms with Gasteiger partial charge in [-0.2, -0.15) is 0 Å². The third-order valence-corrected chi connectivity index (χ3v) is 4.73. The van der Waals surface area contributed by atoms with Gasteiger partial charge in [-0.05, 0) is 35.5 Å². The largest absolute Gasteiger partial charge is 0.506 e. The Labute approximate surface area is 150 Å². The number of furan rings is 1. The van der Waals surface area contributed by atoms with E-state index in [1.165, 1.54) is 12.1 Å². The molecule has 0 radical (unpaired) electrons. The van der Waals surface area contributed by atoms with Crippen molar-refractivity contribution in [2.75, 3.05) is 0 Å². The lowest BCUT2D eigenvalue weighted by Crippen LogP contribution is -2.17. The van der Waals surface area contributed by atoms with E-state index in [0.29, 0.717) is 16.9 Å². The van der Waals surface area contributed by atoms with Crippen molar-refractivity contribution in [2.45, 2.75) is 0 Å². The number of benzene rings is 1. The predicted octanol–water partition coefficient (Wildman–Crippen LogP) is 4.18. The minimum absolute atomic E-state index is 0.00986. The number of thioether (sulfide) groups is 1. The molecular weight excluding hydrogens is 364 g/mol. The SMILES string of the molecule is O=C1NC(=O)C(=Cc2cc3cncc(-c4ccc(O)c(Cl)c4)c3o2)S1. The number of imide groups is 1. The molecular formula is C17H9ClN2O4S. The van der Waals surface area contributed by atoms with E-state index < -0.39 is 11.1 Å². The van der Waals surface area contributed by atoms with Gasteiger partial charge in [0.05, 0.1) is 9.93 Å². The molecule has 2 N–H and O–H groups in total. The van der Waals surface area contributed by atoms with Gasteiger partial charge in [0.15, 0.2) is 0 Å². The molecule has 3 heterocycles. The van der Waals surface area contributed by atoms with Crippen molar-refractivity contribution in [3.8, 4) is 16.9 Å². The number of halogens is 1. The quantitative estimate of drug-likeness (QED) is 0.655. The number of nitrogens with one attached hydrogen (secondary N) is 1. The Morgan fingerprint density at radius 2 is 2.08 bits per heavy atom. The molecule has 1 saturated heterocycles. The van der Waals surface area contributed by atoms with Crippen molar-refractivity contribution in [2.24, 2.45) is 0 Å². The summed E-state index contributed by atoms with van der Waals surface area (Å²) in [6.45, 7) is 0. The zero-order chi connectivity index (χ0) is 17.6. The summed E-state index contributed by atoms with van der Waals surface area (Å²) in [6, 6.07) is 6.55. The highest BCUT2D eigenvalue weighted by Crippen LogP contribution is 2.35. The number of pyridine rings is 1. The molecule has 124 valence electrons. The van der Waals surface area contributed by atoms with Gasteiger partial charge >= 0.3 is 0 Å². The third kappa shape index (κ3) is 2.88.